The normalized spacial score (nSPS) is 12.7. The van der Waals surface area contributed by atoms with Crippen LogP contribution in [0.1, 0.15) is 30.5 Å². The molecule has 1 heterocycles. The molecule has 1 N–H and O–H groups in total. The lowest BCUT2D eigenvalue weighted by Crippen LogP contribution is -2.17. The monoisotopic (exact) mass is 325 g/mol. The minimum Gasteiger partial charge on any atom is -0.308 e. The van der Waals surface area contributed by atoms with Crippen LogP contribution in [0.4, 0.5) is 0 Å². The fourth-order valence-electron chi connectivity index (χ4n) is 1.75. The van der Waals surface area contributed by atoms with Crippen molar-refractivity contribution in [2.24, 2.45) is 0 Å². The fraction of sp³-hybridized carbons (Fsp3) is 0.385. The summed E-state index contributed by atoms with van der Waals surface area (Å²) in [6.45, 7) is 7.23. The Labute approximate surface area is 120 Å². The maximum atomic E-state index is 4.30. The molecule has 2 rings (SSSR count). The lowest BCUT2D eigenvalue weighted by molar-refractivity contribution is 0.590. The van der Waals surface area contributed by atoms with Crippen molar-refractivity contribution in [2.45, 2.75) is 26.8 Å². The first-order valence-corrected chi connectivity index (χ1v) is 7.56. The first-order valence-electron chi connectivity index (χ1n) is 5.95. The molecule has 3 nitrogen and oxygen atoms in total. The number of nitrogens with zero attached hydrogens (tertiary/aromatic N) is 2. The van der Waals surface area contributed by atoms with Gasteiger partial charge in [-0.25, -0.2) is 0 Å². The third-order valence-electron chi connectivity index (χ3n) is 2.82. The van der Waals surface area contributed by atoms with Gasteiger partial charge in [0.1, 0.15) is 10.0 Å². The SMILES string of the molecule is CCNC(C)c1nnc(-c2cccc(Br)c2C)s1. The molecule has 0 bridgehead atoms. The number of benzene rings is 1. The van der Waals surface area contributed by atoms with Crippen LogP contribution in [0, 0.1) is 6.92 Å². The van der Waals surface area contributed by atoms with Crippen molar-refractivity contribution in [2.75, 3.05) is 6.54 Å². The number of hydrogen-bond donors (Lipinski definition) is 1. The van der Waals surface area contributed by atoms with Gasteiger partial charge < -0.3 is 5.32 Å². The van der Waals surface area contributed by atoms with E-state index in [2.05, 4.69) is 58.3 Å². The Bertz CT molecular complexity index is 539. The highest BCUT2D eigenvalue weighted by molar-refractivity contribution is 9.10. The van der Waals surface area contributed by atoms with Crippen LogP contribution >= 0.6 is 27.3 Å². The molecule has 0 fully saturated rings. The number of aromatic nitrogens is 2. The maximum absolute atomic E-state index is 4.30. The molecule has 0 aliphatic heterocycles. The molecule has 1 unspecified atom stereocenters. The molecular weight excluding hydrogens is 310 g/mol. The van der Waals surface area contributed by atoms with Crippen LogP contribution in [0.5, 0.6) is 0 Å². The highest BCUT2D eigenvalue weighted by atomic mass is 79.9. The van der Waals surface area contributed by atoms with E-state index in [0.29, 0.717) is 0 Å². The molecular formula is C13H16BrN3S. The summed E-state index contributed by atoms with van der Waals surface area (Å²) in [4.78, 5) is 0. The van der Waals surface area contributed by atoms with Crippen molar-refractivity contribution in [3.8, 4) is 10.6 Å². The zero-order valence-corrected chi connectivity index (χ0v) is 13.1. The fourth-order valence-corrected chi connectivity index (χ4v) is 3.07. The first-order chi connectivity index (χ1) is 8.63. The second-order valence-electron chi connectivity index (χ2n) is 4.14. The molecule has 1 aromatic heterocycles. The second-order valence-corrected chi connectivity index (χ2v) is 6.00. The van der Waals surface area contributed by atoms with Gasteiger partial charge in [0.05, 0.1) is 6.04 Å². The summed E-state index contributed by atoms with van der Waals surface area (Å²) in [6, 6.07) is 6.42. The van der Waals surface area contributed by atoms with E-state index in [4.69, 9.17) is 0 Å². The van der Waals surface area contributed by atoms with E-state index in [1.807, 2.05) is 12.1 Å². The van der Waals surface area contributed by atoms with E-state index in [0.717, 1.165) is 26.6 Å². The van der Waals surface area contributed by atoms with E-state index in [1.165, 1.54) is 5.56 Å². The average molecular weight is 326 g/mol. The van der Waals surface area contributed by atoms with Crippen LogP contribution < -0.4 is 5.32 Å². The average Bonchev–Trinajstić information content (AvgIpc) is 2.82. The molecule has 1 atom stereocenters. The molecule has 0 aliphatic rings. The Morgan fingerprint density at radius 3 is 2.89 bits per heavy atom. The van der Waals surface area contributed by atoms with Crippen molar-refractivity contribution < 1.29 is 0 Å². The van der Waals surface area contributed by atoms with E-state index >= 15 is 0 Å². The number of rotatable bonds is 4. The Morgan fingerprint density at radius 1 is 1.39 bits per heavy atom. The summed E-state index contributed by atoms with van der Waals surface area (Å²) >= 11 is 5.20. The molecule has 0 saturated carbocycles. The molecule has 0 spiro atoms. The van der Waals surface area contributed by atoms with Crippen LogP contribution in [0.2, 0.25) is 0 Å². The molecule has 0 aliphatic carbocycles. The minimum atomic E-state index is 0.258. The number of nitrogens with one attached hydrogen (secondary N) is 1. The van der Waals surface area contributed by atoms with Crippen molar-refractivity contribution in [1.82, 2.24) is 15.5 Å². The van der Waals surface area contributed by atoms with Gasteiger partial charge in [0.25, 0.3) is 0 Å². The molecule has 96 valence electrons. The minimum absolute atomic E-state index is 0.258. The van der Waals surface area contributed by atoms with Gasteiger partial charge in [-0.1, -0.05) is 46.3 Å². The predicted molar refractivity (Wildman–Crippen MR) is 79.9 cm³/mol. The molecule has 5 heteroatoms. The molecule has 0 amide bonds. The van der Waals surface area contributed by atoms with Gasteiger partial charge in [-0.15, -0.1) is 10.2 Å². The molecule has 2 aromatic rings. The predicted octanol–water partition coefficient (Wildman–Crippen LogP) is 3.95. The zero-order chi connectivity index (χ0) is 13.1. The van der Waals surface area contributed by atoms with Crippen LogP contribution in [0.25, 0.3) is 10.6 Å². The summed E-state index contributed by atoms with van der Waals surface area (Å²) in [5.74, 6) is 0. The summed E-state index contributed by atoms with van der Waals surface area (Å²) in [7, 11) is 0. The van der Waals surface area contributed by atoms with Gasteiger partial charge in [0.2, 0.25) is 0 Å². The Balaban J connectivity index is 2.32. The number of hydrogen-bond acceptors (Lipinski definition) is 4. The summed E-state index contributed by atoms with van der Waals surface area (Å²) in [5.41, 5.74) is 2.35. The highest BCUT2D eigenvalue weighted by Crippen LogP contribution is 2.32. The highest BCUT2D eigenvalue weighted by Gasteiger charge is 2.14. The van der Waals surface area contributed by atoms with E-state index in [9.17, 15) is 0 Å². The standard InChI is InChI=1S/C13H16BrN3S/c1-4-15-9(3)12-16-17-13(18-12)10-6-5-7-11(14)8(10)2/h5-7,9,15H,4H2,1-3H3. The van der Waals surface area contributed by atoms with Crippen molar-refractivity contribution in [3.63, 3.8) is 0 Å². The van der Waals surface area contributed by atoms with Gasteiger partial charge in [-0.3, -0.25) is 0 Å². The Hall–Kier alpha value is -0.780. The smallest absolute Gasteiger partial charge is 0.148 e. The maximum Gasteiger partial charge on any atom is 0.148 e. The summed E-state index contributed by atoms with van der Waals surface area (Å²) in [5, 5.41) is 13.9. The Kier molecular flexibility index (Phi) is 4.48. The molecule has 1 aromatic carbocycles. The van der Waals surface area contributed by atoms with Crippen molar-refractivity contribution in [1.29, 1.82) is 0 Å². The van der Waals surface area contributed by atoms with Gasteiger partial charge in [-0.05, 0) is 32.0 Å². The van der Waals surface area contributed by atoms with Crippen molar-refractivity contribution in [3.05, 3.63) is 33.2 Å². The quantitative estimate of drug-likeness (QED) is 0.924. The number of halogens is 1. The van der Waals surface area contributed by atoms with E-state index < -0.39 is 0 Å². The third-order valence-corrected chi connectivity index (χ3v) is 4.82. The zero-order valence-electron chi connectivity index (χ0n) is 10.7. The van der Waals surface area contributed by atoms with Crippen LogP contribution in [-0.4, -0.2) is 16.7 Å². The topological polar surface area (TPSA) is 37.8 Å². The first kappa shape index (κ1) is 13.6. The lowest BCUT2D eigenvalue weighted by atomic mass is 10.1. The van der Waals surface area contributed by atoms with Gasteiger partial charge >= 0.3 is 0 Å². The third kappa shape index (κ3) is 2.79. The van der Waals surface area contributed by atoms with E-state index in [-0.39, 0.29) is 6.04 Å². The molecule has 0 radical (unpaired) electrons. The molecule has 0 saturated heterocycles. The van der Waals surface area contributed by atoms with Gasteiger partial charge in [0, 0.05) is 10.0 Å². The van der Waals surface area contributed by atoms with Crippen LogP contribution in [-0.2, 0) is 0 Å². The van der Waals surface area contributed by atoms with Crippen LogP contribution in [0.3, 0.4) is 0 Å². The lowest BCUT2D eigenvalue weighted by Gasteiger charge is -2.06. The molecule has 18 heavy (non-hydrogen) atoms. The van der Waals surface area contributed by atoms with Gasteiger partial charge in [0.15, 0.2) is 0 Å². The van der Waals surface area contributed by atoms with Crippen molar-refractivity contribution >= 4 is 27.3 Å². The van der Waals surface area contributed by atoms with E-state index in [1.54, 1.807) is 11.3 Å². The van der Waals surface area contributed by atoms with Gasteiger partial charge in [-0.2, -0.15) is 0 Å². The summed E-state index contributed by atoms with van der Waals surface area (Å²) in [6.07, 6.45) is 0. The van der Waals surface area contributed by atoms with Crippen LogP contribution in [0.15, 0.2) is 22.7 Å². The largest absolute Gasteiger partial charge is 0.308 e. The Morgan fingerprint density at radius 2 is 2.17 bits per heavy atom. The summed E-state index contributed by atoms with van der Waals surface area (Å²) < 4.78 is 1.11. The second kappa shape index (κ2) is 5.91.